The van der Waals surface area contributed by atoms with Gasteiger partial charge in [-0.3, -0.25) is 4.98 Å². The van der Waals surface area contributed by atoms with Gasteiger partial charge in [-0.25, -0.2) is 0 Å². The van der Waals surface area contributed by atoms with E-state index in [4.69, 9.17) is 12.2 Å². The van der Waals surface area contributed by atoms with Crippen molar-refractivity contribution in [1.29, 1.82) is 0 Å². The smallest absolute Gasteiger partial charge is 0.173 e. The molecular formula is C21H29N3S. The van der Waals surface area contributed by atoms with Crippen LogP contribution in [0.4, 0.5) is 5.69 Å². The molecule has 0 bridgehead atoms. The van der Waals surface area contributed by atoms with Crippen LogP contribution in [0.1, 0.15) is 51.3 Å². The fourth-order valence-electron chi connectivity index (χ4n) is 2.83. The highest BCUT2D eigenvalue weighted by molar-refractivity contribution is 7.80. The summed E-state index contributed by atoms with van der Waals surface area (Å²) in [4.78, 5) is 6.42. The summed E-state index contributed by atoms with van der Waals surface area (Å²) in [5, 5.41) is 4.26. The van der Waals surface area contributed by atoms with Crippen molar-refractivity contribution in [3.8, 4) is 0 Å². The van der Waals surface area contributed by atoms with Crippen molar-refractivity contribution >= 4 is 23.0 Å². The maximum Gasteiger partial charge on any atom is 0.173 e. The first-order valence-corrected chi connectivity index (χ1v) is 9.49. The molecule has 1 aromatic heterocycles. The van der Waals surface area contributed by atoms with Gasteiger partial charge in [-0.1, -0.05) is 39.0 Å². The standard InChI is InChI=1S/C21H29N3S/c1-5-18-8-6-7-9-20(18)23-21(25)24(15-12-16(2)3)17(4)19-10-13-22-14-11-19/h6-11,13-14,16-17H,5,12,15H2,1-4H3,(H,23,25). The predicted octanol–water partition coefficient (Wildman–Crippen LogP) is 5.45. The fraction of sp³-hybridized carbons (Fsp3) is 0.429. The number of pyridine rings is 1. The number of nitrogens with one attached hydrogen (secondary N) is 1. The molecule has 0 fully saturated rings. The summed E-state index contributed by atoms with van der Waals surface area (Å²) in [6, 6.07) is 12.7. The summed E-state index contributed by atoms with van der Waals surface area (Å²) in [5.74, 6) is 0.637. The molecule has 2 aromatic rings. The molecule has 0 aliphatic carbocycles. The van der Waals surface area contributed by atoms with E-state index in [1.54, 1.807) is 0 Å². The van der Waals surface area contributed by atoms with Crippen LogP contribution in [-0.2, 0) is 6.42 Å². The van der Waals surface area contributed by atoms with E-state index >= 15 is 0 Å². The average Bonchev–Trinajstić information content (AvgIpc) is 2.62. The molecular weight excluding hydrogens is 326 g/mol. The van der Waals surface area contributed by atoms with Gasteiger partial charge in [-0.2, -0.15) is 0 Å². The number of aryl methyl sites for hydroxylation is 1. The Kier molecular flexibility index (Phi) is 7.38. The summed E-state index contributed by atoms with van der Waals surface area (Å²) < 4.78 is 0. The van der Waals surface area contributed by atoms with Crippen LogP contribution in [0.25, 0.3) is 0 Å². The molecule has 1 heterocycles. The molecule has 1 N–H and O–H groups in total. The number of thiocarbonyl (C=S) groups is 1. The van der Waals surface area contributed by atoms with Gasteiger partial charge in [0.25, 0.3) is 0 Å². The maximum atomic E-state index is 5.79. The molecule has 0 amide bonds. The Labute approximate surface area is 157 Å². The third kappa shape index (κ3) is 5.53. The largest absolute Gasteiger partial charge is 0.342 e. The molecule has 1 aromatic carbocycles. The predicted molar refractivity (Wildman–Crippen MR) is 111 cm³/mol. The number of anilines is 1. The van der Waals surface area contributed by atoms with Crippen LogP contribution in [0.15, 0.2) is 48.8 Å². The normalized spacial score (nSPS) is 12.0. The second-order valence-corrected chi connectivity index (χ2v) is 7.16. The molecule has 1 atom stereocenters. The highest BCUT2D eigenvalue weighted by Gasteiger charge is 2.19. The van der Waals surface area contributed by atoms with Crippen LogP contribution in [0, 0.1) is 5.92 Å². The lowest BCUT2D eigenvalue weighted by Crippen LogP contribution is -2.38. The van der Waals surface area contributed by atoms with E-state index in [0.29, 0.717) is 5.92 Å². The average molecular weight is 356 g/mol. The molecule has 0 aliphatic heterocycles. The number of hydrogen-bond acceptors (Lipinski definition) is 2. The molecule has 0 spiro atoms. The zero-order valence-electron chi connectivity index (χ0n) is 15.7. The van der Waals surface area contributed by atoms with Crippen molar-refractivity contribution in [3.05, 3.63) is 59.9 Å². The number of aromatic nitrogens is 1. The minimum absolute atomic E-state index is 0.204. The Morgan fingerprint density at radius 2 is 1.80 bits per heavy atom. The Bertz CT molecular complexity index is 670. The van der Waals surface area contributed by atoms with Crippen molar-refractivity contribution in [2.75, 3.05) is 11.9 Å². The second kappa shape index (κ2) is 9.52. The summed E-state index contributed by atoms with van der Waals surface area (Å²) in [6.45, 7) is 9.80. The monoisotopic (exact) mass is 355 g/mol. The SMILES string of the molecule is CCc1ccccc1NC(=S)N(CCC(C)C)C(C)c1ccncc1. The fourth-order valence-corrected chi connectivity index (χ4v) is 3.19. The van der Waals surface area contributed by atoms with Crippen LogP contribution in [0.3, 0.4) is 0 Å². The van der Waals surface area contributed by atoms with Crippen LogP contribution in [-0.4, -0.2) is 21.5 Å². The van der Waals surface area contributed by atoms with Gasteiger partial charge in [0, 0.05) is 24.6 Å². The van der Waals surface area contributed by atoms with Gasteiger partial charge in [-0.05, 0) is 67.2 Å². The summed E-state index contributed by atoms with van der Waals surface area (Å²) in [6.07, 6.45) is 5.77. The topological polar surface area (TPSA) is 28.2 Å². The minimum atomic E-state index is 0.204. The van der Waals surface area contributed by atoms with Crippen molar-refractivity contribution in [1.82, 2.24) is 9.88 Å². The van der Waals surface area contributed by atoms with Gasteiger partial charge >= 0.3 is 0 Å². The lowest BCUT2D eigenvalue weighted by atomic mass is 10.1. The zero-order chi connectivity index (χ0) is 18.2. The Hall–Kier alpha value is -1.94. The zero-order valence-corrected chi connectivity index (χ0v) is 16.5. The number of rotatable bonds is 7. The van der Waals surface area contributed by atoms with Crippen molar-refractivity contribution in [2.24, 2.45) is 5.92 Å². The van der Waals surface area contributed by atoms with Crippen LogP contribution >= 0.6 is 12.2 Å². The first kappa shape index (κ1) is 19.4. The van der Waals surface area contributed by atoms with Gasteiger partial charge in [-0.15, -0.1) is 0 Å². The highest BCUT2D eigenvalue weighted by atomic mass is 32.1. The van der Waals surface area contributed by atoms with Gasteiger partial charge in [0.2, 0.25) is 0 Å². The number of nitrogens with zero attached hydrogens (tertiary/aromatic N) is 2. The van der Waals surface area contributed by atoms with E-state index in [-0.39, 0.29) is 6.04 Å². The van der Waals surface area contributed by atoms with Crippen molar-refractivity contribution < 1.29 is 0 Å². The van der Waals surface area contributed by atoms with E-state index in [1.807, 2.05) is 12.4 Å². The minimum Gasteiger partial charge on any atom is -0.342 e. The maximum absolute atomic E-state index is 5.79. The van der Waals surface area contributed by atoms with E-state index in [1.165, 1.54) is 11.1 Å². The van der Waals surface area contributed by atoms with E-state index in [2.05, 4.69) is 79.3 Å². The van der Waals surface area contributed by atoms with E-state index in [0.717, 1.165) is 30.2 Å². The number of para-hydroxylation sites is 1. The van der Waals surface area contributed by atoms with Crippen LogP contribution < -0.4 is 5.32 Å². The molecule has 0 saturated carbocycles. The van der Waals surface area contributed by atoms with E-state index in [9.17, 15) is 0 Å². The Morgan fingerprint density at radius 3 is 2.44 bits per heavy atom. The lowest BCUT2D eigenvalue weighted by Gasteiger charge is -2.33. The third-order valence-electron chi connectivity index (χ3n) is 4.50. The van der Waals surface area contributed by atoms with Crippen LogP contribution in [0.5, 0.6) is 0 Å². The lowest BCUT2D eigenvalue weighted by molar-refractivity contribution is 0.318. The number of benzene rings is 1. The van der Waals surface area contributed by atoms with E-state index < -0.39 is 0 Å². The summed E-state index contributed by atoms with van der Waals surface area (Å²) >= 11 is 5.79. The summed E-state index contributed by atoms with van der Waals surface area (Å²) in [7, 11) is 0. The first-order chi connectivity index (χ1) is 12.0. The molecule has 4 heteroatoms. The van der Waals surface area contributed by atoms with Gasteiger partial charge in [0.05, 0.1) is 6.04 Å². The summed E-state index contributed by atoms with van der Waals surface area (Å²) in [5.41, 5.74) is 3.61. The molecule has 3 nitrogen and oxygen atoms in total. The Balaban J connectivity index is 2.20. The van der Waals surface area contributed by atoms with Gasteiger partial charge < -0.3 is 10.2 Å². The molecule has 134 valence electrons. The second-order valence-electron chi connectivity index (χ2n) is 6.77. The van der Waals surface area contributed by atoms with Crippen LogP contribution in [0.2, 0.25) is 0 Å². The molecule has 25 heavy (non-hydrogen) atoms. The molecule has 0 saturated heterocycles. The molecule has 0 aliphatic rings. The van der Waals surface area contributed by atoms with Gasteiger partial charge in [0.1, 0.15) is 0 Å². The molecule has 2 rings (SSSR count). The first-order valence-electron chi connectivity index (χ1n) is 9.08. The quantitative estimate of drug-likeness (QED) is 0.669. The van der Waals surface area contributed by atoms with Crippen molar-refractivity contribution in [2.45, 2.75) is 46.6 Å². The Morgan fingerprint density at radius 1 is 1.12 bits per heavy atom. The molecule has 1 unspecified atom stereocenters. The molecule has 0 radical (unpaired) electrons. The number of hydrogen-bond donors (Lipinski definition) is 1. The third-order valence-corrected chi connectivity index (χ3v) is 4.84. The van der Waals surface area contributed by atoms with Gasteiger partial charge in [0.15, 0.2) is 5.11 Å². The highest BCUT2D eigenvalue weighted by Crippen LogP contribution is 2.23. The van der Waals surface area contributed by atoms with Crippen molar-refractivity contribution in [3.63, 3.8) is 0 Å².